The van der Waals surface area contributed by atoms with Gasteiger partial charge in [-0.25, -0.2) is 17.2 Å². The lowest BCUT2D eigenvalue weighted by molar-refractivity contribution is -0.139. The number of hydrogen-bond acceptors (Lipinski definition) is 4. The molecule has 0 radical (unpaired) electrons. The molecule has 1 unspecified atom stereocenters. The van der Waals surface area contributed by atoms with Crippen LogP contribution in [0.1, 0.15) is 11.1 Å². The minimum Gasteiger partial charge on any atom is -0.357 e. The van der Waals surface area contributed by atoms with E-state index in [1.807, 2.05) is 36.4 Å². The van der Waals surface area contributed by atoms with Crippen LogP contribution in [-0.2, 0) is 32.6 Å². The van der Waals surface area contributed by atoms with Crippen molar-refractivity contribution in [3.05, 3.63) is 102 Å². The molecule has 0 aromatic heterocycles. The van der Waals surface area contributed by atoms with Gasteiger partial charge in [0.25, 0.3) is 0 Å². The van der Waals surface area contributed by atoms with Crippen LogP contribution in [0.4, 0.5) is 14.5 Å². The molecule has 190 valence electrons. The molecule has 0 heterocycles. The van der Waals surface area contributed by atoms with E-state index in [0.29, 0.717) is 10.4 Å². The molecule has 0 saturated heterocycles. The predicted molar refractivity (Wildman–Crippen MR) is 134 cm³/mol. The van der Waals surface area contributed by atoms with Crippen LogP contribution < -0.4 is 9.62 Å². The normalized spacial score (nSPS) is 12.0. The predicted octanol–water partition coefficient (Wildman–Crippen LogP) is 3.12. The molecule has 1 atom stereocenters. The third kappa shape index (κ3) is 6.88. The van der Waals surface area contributed by atoms with Gasteiger partial charge in [-0.15, -0.1) is 0 Å². The number of nitrogens with one attached hydrogen (secondary N) is 1. The molecule has 2 amide bonds. The number of nitrogens with zero attached hydrogens (tertiary/aromatic N) is 2. The second-order valence-corrected chi connectivity index (χ2v) is 10.1. The summed E-state index contributed by atoms with van der Waals surface area (Å²) in [5.41, 5.74) is 1.33. The Hall–Kier alpha value is -3.79. The molecular weight excluding hydrogens is 488 g/mol. The van der Waals surface area contributed by atoms with Crippen molar-refractivity contribution in [3.63, 3.8) is 0 Å². The first-order valence-electron chi connectivity index (χ1n) is 11.1. The van der Waals surface area contributed by atoms with Crippen LogP contribution in [0.15, 0.2) is 78.9 Å². The number of halogens is 2. The Balaban J connectivity index is 2.01. The molecule has 1 N–H and O–H groups in total. The molecule has 3 aromatic rings. The lowest BCUT2D eigenvalue weighted by atomic mass is 10.0. The Kier molecular flexibility index (Phi) is 8.76. The van der Waals surface area contributed by atoms with E-state index in [2.05, 4.69) is 5.32 Å². The SMILES string of the molecule is CNC(=O)C(Cc1ccccc1)N(Cc1ccccc1)C(=O)CN(c1ccc(F)c(F)c1)S(C)(=O)=O. The van der Waals surface area contributed by atoms with Gasteiger partial charge in [0.15, 0.2) is 11.6 Å². The van der Waals surface area contributed by atoms with Gasteiger partial charge < -0.3 is 10.2 Å². The van der Waals surface area contributed by atoms with E-state index in [4.69, 9.17) is 0 Å². The van der Waals surface area contributed by atoms with Crippen LogP contribution >= 0.6 is 0 Å². The van der Waals surface area contributed by atoms with Crippen LogP contribution in [0.25, 0.3) is 0 Å². The summed E-state index contributed by atoms with van der Waals surface area (Å²) in [6.07, 6.45) is 1.05. The molecule has 0 saturated carbocycles. The van der Waals surface area contributed by atoms with Crippen LogP contribution in [-0.4, -0.2) is 51.0 Å². The molecule has 3 rings (SSSR count). The van der Waals surface area contributed by atoms with E-state index in [-0.39, 0.29) is 18.7 Å². The number of hydrogen-bond donors (Lipinski definition) is 1. The van der Waals surface area contributed by atoms with Gasteiger partial charge in [-0.3, -0.25) is 13.9 Å². The highest BCUT2D eigenvalue weighted by molar-refractivity contribution is 7.92. The topological polar surface area (TPSA) is 86.8 Å². The van der Waals surface area contributed by atoms with Crippen LogP contribution in [0.5, 0.6) is 0 Å². The Bertz CT molecular complexity index is 1310. The molecule has 10 heteroatoms. The van der Waals surface area contributed by atoms with Crippen LogP contribution in [0.3, 0.4) is 0 Å². The fourth-order valence-corrected chi connectivity index (χ4v) is 4.60. The Morgan fingerprint density at radius 2 is 1.47 bits per heavy atom. The van der Waals surface area contributed by atoms with Gasteiger partial charge in [0.05, 0.1) is 11.9 Å². The first kappa shape index (κ1) is 26.8. The first-order chi connectivity index (χ1) is 17.1. The van der Waals surface area contributed by atoms with Crippen LogP contribution in [0.2, 0.25) is 0 Å². The van der Waals surface area contributed by atoms with Crippen molar-refractivity contribution in [1.82, 2.24) is 10.2 Å². The zero-order valence-corrected chi connectivity index (χ0v) is 20.7. The number of likely N-dealkylation sites (N-methyl/N-ethyl adjacent to an activating group) is 1. The third-order valence-electron chi connectivity index (χ3n) is 5.58. The summed E-state index contributed by atoms with van der Waals surface area (Å²) in [6, 6.07) is 19.7. The molecule has 0 aliphatic rings. The largest absolute Gasteiger partial charge is 0.357 e. The highest BCUT2D eigenvalue weighted by atomic mass is 32.2. The summed E-state index contributed by atoms with van der Waals surface area (Å²) in [5, 5.41) is 2.58. The molecule has 0 bridgehead atoms. The maximum atomic E-state index is 13.9. The number of carbonyl (C=O) groups excluding carboxylic acids is 2. The summed E-state index contributed by atoms with van der Waals surface area (Å²) in [5.74, 6) is -3.51. The van der Waals surface area contributed by atoms with Crippen LogP contribution in [0, 0.1) is 11.6 Å². The van der Waals surface area contributed by atoms with Gasteiger partial charge in [-0.05, 0) is 23.3 Å². The lowest BCUT2D eigenvalue weighted by Crippen LogP contribution is -2.52. The number of anilines is 1. The van der Waals surface area contributed by atoms with Crippen molar-refractivity contribution in [2.45, 2.75) is 19.0 Å². The molecular formula is C26H27F2N3O4S. The molecule has 0 aliphatic heterocycles. The Morgan fingerprint density at radius 3 is 2.00 bits per heavy atom. The smallest absolute Gasteiger partial charge is 0.244 e. The van der Waals surface area contributed by atoms with Crippen molar-refractivity contribution < 1.29 is 26.8 Å². The van der Waals surface area contributed by atoms with Gasteiger partial charge in [0.1, 0.15) is 12.6 Å². The average molecular weight is 516 g/mol. The molecule has 7 nitrogen and oxygen atoms in total. The van der Waals surface area contributed by atoms with Gasteiger partial charge in [-0.2, -0.15) is 0 Å². The molecule has 36 heavy (non-hydrogen) atoms. The number of sulfonamides is 1. The van der Waals surface area contributed by atoms with Gasteiger partial charge in [0, 0.05) is 26.1 Å². The monoisotopic (exact) mass is 515 g/mol. The summed E-state index contributed by atoms with van der Waals surface area (Å²) < 4.78 is 53.2. The van der Waals surface area contributed by atoms with E-state index in [1.165, 1.54) is 11.9 Å². The minimum atomic E-state index is -4.06. The number of benzene rings is 3. The zero-order valence-electron chi connectivity index (χ0n) is 19.9. The lowest BCUT2D eigenvalue weighted by Gasteiger charge is -2.33. The zero-order chi connectivity index (χ0) is 26.3. The number of amides is 2. The van der Waals surface area contributed by atoms with E-state index in [1.54, 1.807) is 24.3 Å². The van der Waals surface area contributed by atoms with Crippen molar-refractivity contribution in [2.75, 3.05) is 24.2 Å². The van der Waals surface area contributed by atoms with Crippen molar-refractivity contribution in [3.8, 4) is 0 Å². The Labute approximate surface area is 209 Å². The first-order valence-corrected chi connectivity index (χ1v) is 13.0. The summed E-state index contributed by atoms with van der Waals surface area (Å²) >= 11 is 0. The average Bonchev–Trinajstić information content (AvgIpc) is 2.86. The maximum absolute atomic E-state index is 13.9. The van der Waals surface area contributed by atoms with E-state index >= 15 is 0 Å². The summed E-state index contributed by atoms with van der Waals surface area (Å²) in [7, 11) is -2.61. The van der Waals surface area contributed by atoms with Crippen molar-refractivity contribution in [1.29, 1.82) is 0 Å². The van der Waals surface area contributed by atoms with Gasteiger partial charge in [0.2, 0.25) is 21.8 Å². The van der Waals surface area contributed by atoms with E-state index < -0.39 is 46.1 Å². The highest BCUT2D eigenvalue weighted by Crippen LogP contribution is 2.22. The van der Waals surface area contributed by atoms with E-state index in [0.717, 1.165) is 29.5 Å². The number of carbonyl (C=O) groups is 2. The highest BCUT2D eigenvalue weighted by Gasteiger charge is 2.32. The maximum Gasteiger partial charge on any atom is 0.244 e. The van der Waals surface area contributed by atoms with Gasteiger partial charge in [-0.1, -0.05) is 60.7 Å². The Morgan fingerprint density at radius 1 is 0.889 bits per heavy atom. The second kappa shape index (κ2) is 11.8. The molecule has 0 aliphatic carbocycles. The summed E-state index contributed by atoms with van der Waals surface area (Å²) in [4.78, 5) is 27.9. The third-order valence-corrected chi connectivity index (χ3v) is 6.72. The van der Waals surface area contributed by atoms with Gasteiger partial charge >= 0.3 is 0 Å². The standard InChI is InChI=1S/C26H27F2N3O4S/c1-29-26(33)24(15-19-9-5-3-6-10-19)30(17-20-11-7-4-8-12-20)25(32)18-31(36(2,34)35)21-13-14-22(27)23(28)16-21/h3-14,16,24H,15,17-18H2,1-2H3,(H,29,33). The second-order valence-electron chi connectivity index (χ2n) is 8.20. The fraction of sp³-hybridized carbons (Fsp3) is 0.231. The number of rotatable bonds is 10. The molecule has 0 fully saturated rings. The molecule has 0 spiro atoms. The quantitative estimate of drug-likeness (QED) is 0.450. The fourth-order valence-electron chi connectivity index (χ4n) is 3.75. The van der Waals surface area contributed by atoms with Crippen molar-refractivity contribution in [2.24, 2.45) is 0 Å². The molecule has 3 aromatic carbocycles. The summed E-state index contributed by atoms with van der Waals surface area (Å²) in [6.45, 7) is -0.682. The van der Waals surface area contributed by atoms with E-state index in [9.17, 15) is 26.8 Å². The van der Waals surface area contributed by atoms with Crippen molar-refractivity contribution >= 4 is 27.5 Å². The minimum absolute atomic E-state index is 0.0278.